The Hall–Kier alpha value is -1.54. The molecule has 0 atom stereocenters. The summed E-state index contributed by atoms with van der Waals surface area (Å²) >= 11 is 0.888. The number of nitro groups is 1. The number of thioether (sulfide) groups is 1. The molecule has 0 N–H and O–H groups in total. The van der Waals surface area contributed by atoms with E-state index in [1.165, 1.54) is 12.1 Å². The molecule has 1 aromatic rings. The molecule has 12 heavy (non-hydrogen) atoms. The van der Waals surface area contributed by atoms with Crippen LogP contribution in [0.4, 0.5) is 5.69 Å². The number of non-ortho nitro benzene ring substituents is 1. The smallest absolute Gasteiger partial charge is 0.258 e. The van der Waals surface area contributed by atoms with Gasteiger partial charge in [-0.15, -0.1) is 0 Å². The summed E-state index contributed by atoms with van der Waals surface area (Å²) < 4.78 is 0. The van der Waals surface area contributed by atoms with Crippen molar-refractivity contribution in [2.24, 2.45) is 0 Å². The summed E-state index contributed by atoms with van der Waals surface area (Å²) in [5.41, 5.74) is -0.116. The fraction of sp³-hybridized carbons (Fsp3) is 0. The number of nitrogens with zero attached hydrogens (tertiary/aromatic N) is 2. The SMILES string of the molecule is N#CSc1cc[c]c([N+](=O)[O-])c1. The molecular formula is C7H3N2O2S. The van der Waals surface area contributed by atoms with E-state index in [4.69, 9.17) is 5.26 Å². The first-order valence-electron chi connectivity index (χ1n) is 2.96. The van der Waals surface area contributed by atoms with E-state index in [-0.39, 0.29) is 5.69 Å². The summed E-state index contributed by atoms with van der Waals surface area (Å²) in [5, 5.41) is 20.4. The molecule has 0 aliphatic carbocycles. The van der Waals surface area contributed by atoms with Gasteiger partial charge >= 0.3 is 0 Å². The van der Waals surface area contributed by atoms with E-state index in [9.17, 15) is 10.1 Å². The Morgan fingerprint density at radius 1 is 1.75 bits per heavy atom. The van der Waals surface area contributed by atoms with Crippen LogP contribution in [0.2, 0.25) is 0 Å². The number of nitriles is 1. The van der Waals surface area contributed by atoms with Gasteiger partial charge in [-0.25, -0.2) is 0 Å². The van der Waals surface area contributed by atoms with Crippen LogP contribution in [-0.4, -0.2) is 4.92 Å². The number of benzene rings is 1. The van der Waals surface area contributed by atoms with Crippen molar-refractivity contribution in [3.05, 3.63) is 34.4 Å². The summed E-state index contributed by atoms with van der Waals surface area (Å²) in [7, 11) is 0. The van der Waals surface area contributed by atoms with Crippen LogP contribution in [0.1, 0.15) is 0 Å². The summed E-state index contributed by atoms with van der Waals surface area (Å²) in [5.74, 6) is 0. The van der Waals surface area contributed by atoms with Gasteiger partial charge in [0.1, 0.15) is 5.40 Å². The van der Waals surface area contributed by atoms with Crippen molar-refractivity contribution >= 4 is 17.4 Å². The molecule has 5 heteroatoms. The Morgan fingerprint density at radius 2 is 2.50 bits per heavy atom. The Kier molecular flexibility index (Phi) is 2.66. The molecule has 0 fully saturated rings. The predicted octanol–water partition coefficient (Wildman–Crippen LogP) is 1.97. The zero-order valence-corrected chi connectivity index (χ0v) is 6.67. The average Bonchev–Trinajstić information content (AvgIpc) is 2.05. The van der Waals surface area contributed by atoms with Gasteiger partial charge in [0.25, 0.3) is 5.69 Å². The van der Waals surface area contributed by atoms with Gasteiger partial charge in [0, 0.05) is 11.0 Å². The van der Waals surface area contributed by atoms with Gasteiger partial charge in [0.15, 0.2) is 0 Å². The Labute approximate surface area is 73.0 Å². The largest absolute Gasteiger partial charge is 0.278 e. The summed E-state index contributed by atoms with van der Waals surface area (Å²) in [6.45, 7) is 0. The van der Waals surface area contributed by atoms with E-state index in [2.05, 4.69) is 6.07 Å². The fourth-order valence-electron chi connectivity index (χ4n) is 0.655. The van der Waals surface area contributed by atoms with Crippen molar-refractivity contribution in [3.8, 4) is 5.40 Å². The Morgan fingerprint density at radius 3 is 3.08 bits per heavy atom. The molecule has 1 aromatic carbocycles. The molecule has 0 spiro atoms. The molecule has 0 aromatic heterocycles. The van der Waals surface area contributed by atoms with Crippen molar-refractivity contribution < 1.29 is 4.92 Å². The zero-order valence-electron chi connectivity index (χ0n) is 5.85. The Bertz CT molecular complexity index is 346. The van der Waals surface area contributed by atoms with Gasteiger partial charge in [0.2, 0.25) is 0 Å². The third-order valence-electron chi connectivity index (χ3n) is 1.12. The maximum Gasteiger partial charge on any atom is 0.278 e. The van der Waals surface area contributed by atoms with E-state index in [1.54, 1.807) is 6.07 Å². The number of rotatable bonds is 2. The maximum absolute atomic E-state index is 10.2. The first kappa shape index (κ1) is 8.56. The minimum Gasteiger partial charge on any atom is -0.258 e. The minimum atomic E-state index is -0.540. The first-order chi connectivity index (χ1) is 5.74. The van der Waals surface area contributed by atoms with Crippen LogP contribution >= 0.6 is 11.8 Å². The third-order valence-corrected chi connectivity index (χ3v) is 1.70. The van der Waals surface area contributed by atoms with Crippen molar-refractivity contribution in [2.75, 3.05) is 0 Å². The second kappa shape index (κ2) is 3.74. The van der Waals surface area contributed by atoms with Crippen molar-refractivity contribution in [2.45, 2.75) is 4.90 Å². The second-order valence-corrected chi connectivity index (χ2v) is 2.72. The highest BCUT2D eigenvalue weighted by Crippen LogP contribution is 2.20. The lowest BCUT2D eigenvalue weighted by Gasteiger charge is -1.91. The van der Waals surface area contributed by atoms with Crippen LogP contribution < -0.4 is 0 Å². The summed E-state index contributed by atoms with van der Waals surface area (Å²) in [6.07, 6.45) is 0. The molecule has 4 nitrogen and oxygen atoms in total. The standard InChI is InChI=1S/C7H3N2O2S/c8-5-12-7-3-1-2-6(4-7)9(10)11/h1,3-4H. The number of hydrogen-bond acceptors (Lipinski definition) is 4. The van der Waals surface area contributed by atoms with Gasteiger partial charge in [-0.2, -0.15) is 5.26 Å². The highest BCUT2D eigenvalue weighted by Gasteiger charge is 2.05. The molecule has 0 aliphatic heterocycles. The van der Waals surface area contributed by atoms with Gasteiger partial charge < -0.3 is 0 Å². The van der Waals surface area contributed by atoms with Gasteiger partial charge in [-0.05, 0) is 23.9 Å². The van der Waals surface area contributed by atoms with Crippen LogP contribution in [-0.2, 0) is 0 Å². The van der Waals surface area contributed by atoms with Crippen LogP contribution in [0.15, 0.2) is 23.1 Å². The second-order valence-electron chi connectivity index (χ2n) is 1.86. The van der Waals surface area contributed by atoms with E-state index in [0.717, 1.165) is 11.8 Å². The molecule has 59 valence electrons. The lowest BCUT2D eigenvalue weighted by atomic mass is 10.3. The van der Waals surface area contributed by atoms with Gasteiger partial charge in [-0.1, -0.05) is 0 Å². The van der Waals surface area contributed by atoms with Crippen molar-refractivity contribution in [1.82, 2.24) is 0 Å². The normalized spacial score (nSPS) is 8.92. The lowest BCUT2D eigenvalue weighted by molar-refractivity contribution is -0.385. The number of thiocyanates is 1. The molecule has 0 saturated carbocycles. The molecule has 0 heterocycles. The molecule has 1 rings (SSSR count). The minimum absolute atomic E-state index is 0.116. The van der Waals surface area contributed by atoms with Crippen LogP contribution in [0.3, 0.4) is 0 Å². The highest BCUT2D eigenvalue weighted by atomic mass is 32.2. The molecule has 0 amide bonds. The molecule has 0 bridgehead atoms. The van der Waals surface area contributed by atoms with Crippen molar-refractivity contribution in [3.63, 3.8) is 0 Å². The van der Waals surface area contributed by atoms with E-state index in [0.29, 0.717) is 4.90 Å². The monoisotopic (exact) mass is 179 g/mol. The zero-order chi connectivity index (χ0) is 8.97. The Balaban J connectivity index is 2.97. The third kappa shape index (κ3) is 1.97. The predicted molar refractivity (Wildman–Crippen MR) is 43.4 cm³/mol. The molecular weight excluding hydrogens is 176 g/mol. The quantitative estimate of drug-likeness (QED) is 0.301. The van der Waals surface area contributed by atoms with Gasteiger partial charge in [-0.3, -0.25) is 10.1 Å². The van der Waals surface area contributed by atoms with Crippen LogP contribution in [0.25, 0.3) is 0 Å². The van der Waals surface area contributed by atoms with Gasteiger partial charge in [0.05, 0.1) is 11.0 Å². The van der Waals surface area contributed by atoms with E-state index < -0.39 is 4.92 Å². The van der Waals surface area contributed by atoms with E-state index >= 15 is 0 Å². The average molecular weight is 179 g/mol. The number of hydrogen-bond donors (Lipinski definition) is 0. The topological polar surface area (TPSA) is 66.9 Å². The fourth-order valence-corrected chi connectivity index (χ4v) is 1.07. The maximum atomic E-state index is 10.2. The molecule has 1 radical (unpaired) electrons. The first-order valence-corrected chi connectivity index (χ1v) is 3.78. The summed E-state index contributed by atoms with van der Waals surface area (Å²) in [6, 6.07) is 6.78. The van der Waals surface area contributed by atoms with Crippen LogP contribution in [0.5, 0.6) is 0 Å². The van der Waals surface area contributed by atoms with Crippen molar-refractivity contribution in [1.29, 1.82) is 5.26 Å². The lowest BCUT2D eigenvalue weighted by Crippen LogP contribution is -1.87. The highest BCUT2D eigenvalue weighted by molar-refractivity contribution is 8.03. The molecule has 0 saturated heterocycles. The molecule has 0 aliphatic rings. The molecule has 0 unspecified atom stereocenters. The van der Waals surface area contributed by atoms with E-state index in [1.807, 2.05) is 5.40 Å². The number of nitro benzene ring substituents is 1. The summed E-state index contributed by atoms with van der Waals surface area (Å²) in [4.78, 5) is 10.3. The van der Waals surface area contributed by atoms with Crippen LogP contribution in [0, 0.1) is 26.8 Å².